The third-order valence-electron chi connectivity index (χ3n) is 5.20. The van der Waals surface area contributed by atoms with Gasteiger partial charge in [0.25, 0.3) is 5.91 Å². The summed E-state index contributed by atoms with van der Waals surface area (Å²) in [6.45, 7) is 2.65. The summed E-state index contributed by atoms with van der Waals surface area (Å²) in [4.78, 5) is 28.7. The first-order valence-electron chi connectivity index (χ1n) is 10.1. The fourth-order valence-corrected chi connectivity index (χ4v) is 3.49. The number of hydrogen-bond donors (Lipinski definition) is 2. The second-order valence-electron chi connectivity index (χ2n) is 7.25. The van der Waals surface area contributed by atoms with Gasteiger partial charge < -0.3 is 20.4 Å². The second kappa shape index (κ2) is 9.30. The maximum absolute atomic E-state index is 13.8. The van der Waals surface area contributed by atoms with Gasteiger partial charge in [0.1, 0.15) is 5.82 Å². The normalized spacial score (nSPS) is 13.6. The van der Waals surface area contributed by atoms with E-state index in [0.29, 0.717) is 31.9 Å². The molecule has 0 bridgehead atoms. The molecule has 1 fully saturated rings. The van der Waals surface area contributed by atoms with Crippen LogP contribution in [0.5, 0.6) is 0 Å². The maximum Gasteiger partial charge on any atom is 0.321 e. The van der Waals surface area contributed by atoms with E-state index in [4.69, 9.17) is 0 Å². The quantitative estimate of drug-likeness (QED) is 0.659. The van der Waals surface area contributed by atoms with E-state index in [0.717, 1.165) is 11.4 Å². The molecule has 0 radical (unpaired) electrons. The predicted octanol–water partition coefficient (Wildman–Crippen LogP) is 4.43. The molecular weight excluding hydrogens is 395 g/mol. The Morgan fingerprint density at radius 2 is 1.32 bits per heavy atom. The lowest BCUT2D eigenvalue weighted by Gasteiger charge is -2.36. The molecule has 6 nitrogen and oxygen atoms in total. The van der Waals surface area contributed by atoms with E-state index < -0.39 is 11.7 Å². The Hall–Kier alpha value is -3.87. The van der Waals surface area contributed by atoms with E-state index in [-0.39, 0.29) is 11.6 Å². The highest BCUT2D eigenvalue weighted by Crippen LogP contribution is 2.21. The van der Waals surface area contributed by atoms with Crippen molar-refractivity contribution in [3.63, 3.8) is 0 Å². The number of carbonyl (C=O) groups excluding carboxylic acids is 2. The lowest BCUT2D eigenvalue weighted by molar-refractivity contribution is 0.102. The third kappa shape index (κ3) is 5.01. The van der Waals surface area contributed by atoms with Crippen LogP contribution in [0.1, 0.15) is 10.4 Å². The highest BCUT2D eigenvalue weighted by atomic mass is 19.1. The number of benzene rings is 3. The van der Waals surface area contributed by atoms with Gasteiger partial charge in [0.2, 0.25) is 0 Å². The third-order valence-corrected chi connectivity index (χ3v) is 5.20. The number of piperazine rings is 1. The largest absolute Gasteiger partial charge is 0.368 e. The minimum Gasteiger partial charge on any atom is -0.368 e. The van der Waals surface area contributed by atoms with Gasteiger partial charge in [0.15, 0.2) is 0 Å². The van der Waals surface area contributed by atoms with E-state index in [1.54, 1.807) is 29.2 Å². The molecule has 0 spiro atoms. The average Bonchev–Trinajstić information content (AvgIpc) is 2.80. The topological polar surface area (TPSA) is 64.7 Å². The van der Waals surface area contributed by atoms with E-state index in [2.05, 4.69) is 15.5 Å². The van der Waals surface area contributed by atoms with E-state index in [9.17, 15) is 14.0 Å². The zero-order valence-electron chi connectivity index (χ0n) is 16.9. The lowest BCUT2D eigenvalue weighted by Crippen LogP contribution is -2.50. The summed E-state index contributed by atoms with van der Waals surface area (Å²) in [6.07, 6.45) is 0. The molecule has 0 saturated carbocycles. The first kappa shape index (κ1) is 20.4. The minimum atomic E-state index is -0.550. The molecule has 4 rings (SSSR count). The van der Waals surface area contributed by atoms with E-state index in [1.165, 1.54) is 12.1 Å². The zero-order valence-corrected chi connectivity index (χ0v) is 16.9. The number of carbonyl (C=O) groups is 2. The van der Waals surface area contributed by atoms with Crippen molar-refractivity contribution >= 4 is 29.0 Å². The summed E-state index contributed by atoms with van der Waals surface area (Å²) in [5.41, 5.74) is 2.39. The van der Waals surface area contributed by atoms with Gasteiger partial charge in [0, 0.05) is 43.2 Å². The van der Waals surface area contributed by atoms with Crippen molar-refractivity contribution in [2.45, 2.75) is 0 Å². The van der Waals surface area contributed by atoms with Gasteiger partial charge in [-0.2, -0.15) is 0 Å². The predicted molar refractivity (Wildman–Crippen MR) is 120 cm³/mol. The lowest BCUT2D eigenvalue weighted by atomic mass is 10.2. The number of amides is 3. The number of hydrogen-bond acceptors (Lipinski definition) is 3. The van der Waals surface area contributed by atoms with Crippen LogP contribution in [-0.4, -0.2) is 43.0 Å². The fourth-order valence-electron chi connectivity index (χ4n) is 3.49. The molecule has 0 aliphatic carbocycles. The summed E-state index contributed by atoms with van der Waals surface area (Å²) in [5, 5.41) is 5.63. The van der Waals surface area contributed by atoms with Crippen molar-refractivity contribution in [2.75, 3.05) is 41.7 Å². The monoisotopic (exact) mass is 418 g/mol. The molecule has 31 heavy (non-hydrogen) atoms. The van der Waals surface area contributed by atoms with Crippen LogP contribution in [0.4, 0.5) is 26.2 Å². The molecule has 2 N–H and O–H groups in total. The number of anilines is 3. The Labute approximate surface area is 180 Å². The summed E-state index contributed by atoms with van der Waals surface area (Å²) >= 11 is 0. The SMILES string of the molecule is O=C(Nc1ccc(N2CCN(C(=O)Nc3ccccc3)CC2)cc1)c1ccccc1F. The maximum atomic E-state index is 13.8. The smallest absolute Gasteiger partial charge is 0.321 e. The number of nitrogens with zero attached hydrogens (tertiary/aromatic N) is 2. The van der Waals surface area contributed by atoms with Crippen LogP contribution < -0.4 is 15.5 Å². The Bertz CT molecular complexity index is 1050. The molecular formula is C24H23FN4O2. The molecule has 1 heterocycles. The van der Waals surface area contributed by atoms with Crippen LogP contribution >= 0.6 is 0 Å². The molecule has 1 saturated heterocycles. The van der Waals surface area contributed by atoms with Gasteiger partial charge in [-0.1, -0.05) is 30.3 Å². The second-order valence-corrected chi connectivity index (χ2v) is 7.25. The molecule has 0 atom stereocenters. The van der Waals surface area contributed by atoms with Crippen LogP contribution in [0.25, 0.3) is 0 Å². The van der Waals surface area contributed by atoms with Crippen molar-refractivity contribution in [3.05, 3.63) is 90.2 Å². The molecule has 7 heteroatoms. The summed E-state index contributed by atoms with van der Waals surface area (Å²) < 4.78 is 13.8. The van der Waals surface area contributed by atoms with Crippen LogP contribution in [-0.2, 0) is 0 Å². The molecule has 1 aliphatic heterocycles. The van der Waals surface area contributed by atoms with Crippen molar-refractivity contribution in [1.29, 1.82) is 0 Å². The number of halogens is 1. The number of rotatable bonds is 4. The van der Waals surface area contributed by atoms with E-state index in [1.807, 2.05) is 42.5 Å². The number of urea groups is 1. The zero-order chi connectivity index (χ0) is 21.6. The van der Waals surface area contributed by atoms with Crippen LogP contribution in [0.2, 0.25) is 0 Å². The van der Waals surface area contributed by atoms with Crippen molar-refractivity contribution in [2.24, 2.45) is 0 Å². The number of para-hydroxylation sites is 1. The summed E-state index contributed by atoms with van der Waals surface area (Å²) in [7, 11) is 0. The summed E-state index contributed by atoms with van der Waals surface area (Å²) in [6, 6.07) is 22.6. The first-order chi connectivity index (χ1) is 15.1. The number of nitrogens with one attached hydrogen (secondary N) is 2. The minimum absolute atomic E-state index is 0.0106. The highest BCUT2D eigenvalue weighted by Gasteiger charge is 2.21. The van der Waals surface area contributed by atoms with Gasteiger partial charge in [0.05, 0.1) is 5.56 Å². The van der Waals surface area contributed by atoms with Crippen LogP contribution in [0.3, 0.4) is 0 Å². The van der Waals surface area contributed by atoms with Crippen molar-refractivity contribution in [3.8, 4) is 0 Å². The molecule has 3 amide bonds. The van der Waals surface area contributed by atoms with Gasteiger partial charge in [-0.05, 0) is 48.5 Å². The van der Waals surface area contributed by atoms with Gasteiger partial charge in [-0.25, -0.2) is 9.18 Å². The standard InChI is InChI=1S/C24H23FN4O2/c25-22-9-5-4-8-21(22)23(30)26-19-10-12-20(13-11-19)28-14-16-29(17-15-28)24(31)27-18-6-2-1-3-7-18/h1-13H,14-17H2,(H,26,30)(H,27,31). The molecule has 3 aromatic carbocycles. The Kier molecular flexibility index (Phi) is 6.12. The van der Waals surface area contributed by atoms with Crippen molar-refractivity contribution in [1.82, 2.24) is 4.90 Å². The molecule has 158 valence electrons. The first-order valence-corrected chi connectivity index (χ1v) is 10.1. The van der Waals surface area contributed by atoms with Crippen LogP contribution in [0.15, 0.2) is 78.9 Å². The fraction of sp³-hybridized carbons (Fsp3) is 0.167. The van der Waals surface area contributed by atoms with Crippen LogP contribution in [0, 0.1) is 5.82 Å². The van der Waals surface area contributed by atoms with E-state index >= 15 is 0 Å². The molecule has 0 aromatic heterocycles. The Morgan fingerprint density at radius 1 is 0.710 bits per heavy atom. The average molecular weight is 418 g/mol. The molecule has 0 unspecified atom stereocenters. The molecule has 1 aliphatic rings. The van der Waals surface area contributed by atoms with Gasteiger partial charge in [-0.15, -0.1) is 0 Å². The van der Waals surface area contributed by atoms with Gasteiger partial charge in [-0.3, -0.25) is 4.79 Å². The molecule has 3 aromatic rings. The Balaban J connectivity index is 1.30. The highest BCUT2D eigenvalue weighted by molar-refractivity contribution is 6.04. The van der Waals surface area contributed by atoms with Gasteiger partial charge >= 0.3 is 6.03 Å². The Morgan fingerprint density at radius 3 is 2.00 bits per heavy atom. The van der Waals surface area contributed by atoms with Crippen molar-refractivity contribution < 1.29 is 14.0 Å². The summed E-state index contributed by atoms with van der Waals surface area (Å²) in [5.74, 6) is -1.03.